The van der Waals surface area contributed by atoms with Crippen LogP contribution in [0.4, 0.5) is 0 Å². The van der Waals surface area contributed by atoms with Crippen LogP contribution in [0, 0.1) is 0 Å². The first-order valence-corrected chi connectivity index (χ1v) is 10.8. The number of nitrogens with zero attached hydrogens (tertiary/aromatic N) is 5. The minimum absolute atomic E-state index is 0.0545. The Morgan fingerprint density at radius 3 is 2.78 bits per heavy atom. The fourth-order valence-electron chi connectivity index (χ4n) is 4.33. The van der Waals surface area contributed by atoms with Crippen molar-refractivity contribution in [3.63, 3.8) is 0 Å². The highest BCUT2D eigenvalue weighted by molar-refractivity contribution is 6.09. The number of imidazole rings is 1. The molecule has 0 unspecified atom stereocenters. The molecule has 0 saturated carbocycles. The van der Waals surface area contributed by atoms with Crippen molar-refractivity contribution in [3.8, 4) is 22.8 Å². The SMILES string of the molecule is C[C@H]1COc2c(-c3ccc(OCCCN(C)C)nc3)ccc3ncc4c(c23)n1c(=O)n4C. The monoisotopic (exact) mass is 433 g/mol. The molecule has 0 saturated heterocycles. The Hall–Kier alpha value is -3.39. The highest BCUT2D eigenvalue weighted by Gasteiger charge is 2.26. The lowest BCUT2D eigenvalue weighted by molar-refractivity contribution is 0.268. The molecule has 1 atom stereocenters. The molecule has 0 bridgehead atoms. The predicted molar refractivity (Wildman–Crippen MR) is 125 cm³/mol. The summed E-state index contributed by atoms with van der Waals surface area (Å²) in [4.78, 5) is 24.1. The van der Waals surface area contributed by atoms with Crippen molar-refractivity contribution in [3.05, 3.63) is 47.1 Å². The second-order valence-electron chi connectivity index (χ2n) is 8.59. The van der Waals surface area contributed by atoms with E-state index in [1.54, 1.807) is 17.8 Å². The average molecular weight is 434 g/mol. The summed E-state index contributed by atoms with van der Waals surface area (Å²) < 4.78 is 15.5. The third-order valence-electron chi connectivity index (χ3n) is 5.99. The number of benzene rings is 1. The fraction of sp³-hybridized carbons (Fsp3) is 0.375. The van der Waals surface area contributed by atoms with Gasteiger partial charge in [-0.3, -0.25) is 14.1 Å². The van der Waals surface area contributed by atoms with Gasteiger partial charge >= 0.3 is 5.69 Å². The van der Waals surface area contributed by atoms with Crippen LogP contribution >= 0.6 is 0 Å². The molecule has 0 N–H and O–H groups in total. The van der Waals surface area contributed by atoms with Gasteiger partial charge in [-0.15, -0.1) is 0 Å². The van der Waals surface area contributed by atoms with Crippen molar-refractivity contribution in [2.75, 3.05) is 33.9 Å². The molecule has 1 aliphatic heterocycles. The molecule has 0 amide bonds. The van der Waals surface area contributed by atoms with Crippen LogP contribution in [0.1, 0.15) is 19.4 Å². The summed E-state index contributed by atoms with van der Waals surface area (Å²) in [5, 5.41) is 0.867. The first-order valence-electron chi connectivity index (χ1n) is 10.8. The van der Waals surface area contributed by atoms with Gasteiger partial charge in [-0.2, -0.15) is 0 Å². The molecule has 0 aliphatic carbocycles. The zero-order valence-corrected chi connectivity index (χ0v) is 18.8. The second kappa shape index (κ2) is 7.94. The normalized spacial score (nSPS) is 15.5. The van der Waals surface area contributed by atoms with E-state index in [4.69, 9.17) is 9.47 Å². The van der Waals surface area contributed by atoms with Gasteiger partial charge in [0.2, 0.25) is 5.88 Å². The maximum Gasteiger partial charge on any atom is 0.329 e. The van der Waals surface area contributed by atoms with E-state index in [1.165, 1.54) is 0 Å². The Labute approximate surface area is 186 Å². The van der Waals surface area contributed by atoms with E-state index in [1.807, 2.05) is 56.0 Å². The number of hydrogen-bond acceptors (Lipinski definition) is 6. The summed E-state index contributed by atoms with van der Waals surface area (Å²) in [5.74, 6) is 1.35. The van der Waals surface area contributed by atoms with Crippen LogP contribution in [0.3, 0.4) is 0 Å². The molecule has 5 rings (SSSR count). The van der Waals surface area contributed by atoms with Crippen LogP contribution in [-0.4, -0.2) is 57.9 Å². The molecule has 0 radical (unpaired) electrons. The molecular formula is C24H27N5O3. The minimum Gasteiger partial charge on any atom is -0.490 e. The topological polar surface area (TPSA) is 74.4 Å². The number of pyridine rings is 2. The lowest BCUT2D eigenvalue weighted by Crippen LogP contribution is -2.27. The highest BCUT2D eigenvalue weighted by atomic mass is 16.5. The van der Waals surface area contributed by atoms with Gasteiger partial charge in [0.05, 0.1) is 40.8 Å². The fourth-order valence-corrected chi connectivity index (χ4v) is 4.33. The van der Waals surface area contributed by atoms with E-state index in [0.717, 1.165) is 51.8 Å². The van der Waals surface area contributed by atoms with E-state index in [-0.39, 0.29) is 11.7 Å². The summed E-state index contributed by atoms with van der Waals surface area (Å²) in [6.07, 6.45) is 4.52. The number of hydrogen-bond donors (Lipinski definition) is 0. The van der Waals surface area contributed by atoms with Crippen molar-refractivity contribution >= 4 is 21.9 Å². The third kappa shape index (κ3) is 3.31. The number of ether oxygens (including phenoxy) is 2. The van der Waals surface area contributed by atoms with Gasteiger partial charge in [-0.25, -0.2) is 9.78 Å². The van der Waals surface area contributed by atoms with E-state index >= 15 is 0 Å². The van der Waals surface area contributed by atoms with Crippen molar-refractivity contribution in [1.82, 2.24) is 24.0 Å². The summed E-state index contributed by atoms with van der Waals surface area (Å²) in [6, 6.07) is 7.77. The van der Waals surface area contributed by atoms with E-state index in [2.05, 4.69) is 14.9 Å². The molecule has 8 nitrogen and oxygen atoms in total. The largest absolute Gasteiger partial charge is 0.490 e. The van der Waals surface area contributed by atoms with Crippen molar-refractivity contribution in [2.24, 2.45) is 7.05 Å². The molecule has 3 aromatic heterocycles. The van der Waals surface area contributed by atoms with Gasteiger partial charge in [0.1, 0.15) is 12.4 Å². The van der Waals surface area contributed by atoms with Crippen molar-refractivity contribution < 1.29 is 9.47 Å². The molecular weight excluding hydrogens is 406 g/mol. The first kappa shape index (κ1) is 20.5. The standard InChI is InChI=1S/C24H27N5O3/c1-15-14-32-23-17(16-6-9-20(26-12-16)31-11-5-10-27(2)3)7-8-18-21(23)22-19(13-25-18)28(4)24(30)29(15)22/h6-9,12-13,15H,5,10-11,14H2,1-4H3/t15-/m0/s1. The highest BCUT2D eigenvalue weighted by Crippen LogP contribution is 2.42. The Balaban J connectivity index is 1.57. The maximum absolute atomic E-state index is 12.9. The summed E-state index contributed by atoms with van der Waals surface area (Å²) in [5.41, 5.74) is 4.28. The quantitative estimate of drug-likeness (QED) is 0.435. The molecule has 1 aliphatic rings. The Kier molecular flexibility index (Phi) is 5.09. The van der Waals surface area contributed by atoms with Crippen LogP contribution in [0.25, 0.3) is 33.1 Å². The van der Waals surface area contributed by atoms with Gasteiger partial charge in [0.25, 0.3) is 0 Å². The Morgan fingerprint density at radius 2 is 2.03 bits per heavy atom. The molecule has 8 heteroatoms. The van der Waals surface area contributed by atoms with Crippen LogP contribution in [0.5, 0.6) is 11.6 Å². The minimum atomic E-state index is -0.0897. The lowest BCUT2D eigenvalue weighted by Gasteiger charge is -2.14. The molecule has 1 aromatic carbocycles. The zero-order valence-electron chi connectivity index (χ0n) is 18.8. The van der Waals surface area contributed by atoms with Gasteiger partial charge in [0, 0.05) is 37.0 Å². The third-order valence-corrected chi connectivity index (χ3v) is 5.99. The molecule has 166 valence electrons. The number of rotatable bonds is 6. The van der Waals surface area contributed by atoms with Gasteiger partial charge < -0.3 is 14.4 Å². The summed E-state index contributed by atoms with van der Waals surface area (Å²) in [6.45, 7) is 4.01. The van der Waals surface area contributed by atoms with Crippen molar-refractivity contribution in [2.45, 2.75) is 19.4 Å². The zero-order chi connectivity index (χ0) is 22.4. The van der Waals surface area contributed by atoms with Crippen LogP contribution in [-0.2, 0) is 7.05 Å². The van der Waals surface area contributed by atoms with Crippen LogP contribution < -0.4 is 15.2 Å². The lowest BCUT2D eigenvalue weighted by atomic mass is 10.0. The Bertz CT molecular complexity index is 1350. The van der Waals surface area contributed by atoms with Gasteiger partial charge in [0.15, 0.2) is 0 Å². The number of aryl methyl sites for hydroxylation is 1. The average Bonchev–Trinajstić information content (AvgIpc) is 2.94. The molecule has 4 aromatic rings. The smallest absolute Gasteiger partial charge is 0.329 e. The molecule has 4 heterocycles. The van der Waals surface area contributed by atoms with Crippen molar-refractivity contribution in [1.29, 1.82) is 0 Å². The van der Waals surface area contributed by atoms with Crippen LogP contribution in [0.2, 0.25) is 0 Å². The maximum atomic E-state index is 12.9. The predicted octanol–water partition coefficient (Wildman–Crippen LogP) is 3.23. The van der Waals surface area contributed by atoms with Gasteiger partial charge in [-0.1, -0.05) is 0 Å². The summed E-state index contributed by atoms with van der Waals surface area (Å²) in [7, 11) is 5.88. The molecule has 0 fully saturated rings. The second-order valence-corrected chi connectivity index (χ2v) is 8.59. The first-order chi connectivity index (χ1) is 15.5. The van der Waals surface area contributed by atoms with E-state index in [0.29, 0.717) is 19.1 Å². The Morgan fingerprint density at radius 1 is 1.19 bits per heavy atom. The summed E-state index contributed by atoms with van der Waals surface area (Å²) >= 11 is 0. The van der Waals surface area contributed by atoms with E-state index in [9.17, 15) is 4.79 Å². The number of aromatic nitrogens is 4. The molecule has 32 heavy (non-hydrogen) atoms. The van der Waals surface area contributed by atoms with E-state index < -0.39 is 0 Å². The molecule has 0 spiro atoms. The van der Waals surface area contributed by atoms with Gasteiger partial charge in [-0.05, 0) is 45.6 Å². The van der Waals surface area contributed by atoms with Crippen LogP contribution in [0.15, 0.2) is 41.5 Å².